The van der Waals surface area contributed by atoms with Crippen LogP contribution >= 0.6 is 0 Å². The topological polar surface area (TPSA) is 85.1 Å². The van der Waals surface area contributed by atoms with Gasteiger partial charge in [-0.3, -0.25) is 4.79 Å². The van der Waals surface area contributed by atoms with Crippen LogP contribution in [0.5, 0.6) is 0 Å². The Hall–Kier alpha value is -4.06. The number of nitrogens with one attached hydrogen (secondary N) is 1. The van der Waals surface area contributed by atoms with Crippen LogP contribution in [0.3, 0.4) is 0 Å². The molecule has 140 valence electrons. The maximum absolute atomic E-state index is 12.7. The summed E-state index contributed by atoms with van der Waals surface area (Å²) >= 11 is 0. The number of hydrogen-bond acceptors (Lipinski definition) is 5. The Labute approximate surface area is 164 Å². The Morgan fingerprint density at radius 1 is 0.897 bits per heavy atom. The molecule has 0 aliphatic rings. The Morgan fingerprint density at radius 2 is 1.62 bits per heavy atom. The zero-order valence-corrected chi connectivity index (χ0v) is 15.5. The number of nitrogens with zero attached hydrogens (tertiary/aromatic N) is 2. The van der Waals surface area contributed by atoms with Gasteiger partial charge in [0.25, 0.3) is 0 Å². The van der Waals surface area contributed by atoms with Crippen molar-refractivity contribution in [3.63, 3.8) is 0 Å². The molecule has 2 heterocycles. The van der Waals surface area contributed by atoms with E-state index < -0.39 is 5.63 Å². The Balaban J connectivity index is 1.93. The number of hydrogen-bond donors (Lipinski definition) is 1. The Bertz CT molecular complexity index is 1480. The highest BCUT2D eigenvalue weighted by Gasteiger charge is 2.18. The second-order valence-electron chi connectivity index (χ2n) is 6.71. The smallest absolute Gasteiger partial charge is 0.349 e. The molecule has 0 aliphatic carbocycles. The minimum Gasteiger partial charge on any atom is -0.422 e. The van der Waals surface area contributed by atoms with Crippen LogP contribution in [0.2, 0.25) is 0 Å². The molecule has 0 radical (unpaired) electrons. The minimum absolute atomic E-state index is 0.143. The number of rotatable bonds is 2. The van der Waals surface area contributed by atoms with Crippen LogP contribution in [0.1, 0.15) is 6.92 Å². The van der Waals surface area contributed by atoms with Gasteiger partial charge in [-0.15, -0.1) is 0 Å². The van der Waals surface area contributed by atoms with Crippen LogP contribution in [-0.4, -0.2) is 15.9 Å². The van der Waals surface area contributed by atoms with Gasteiger partial charge in [-0.2, -0.15) is 0 Å². The summed E-state index contributed by atoms with van der Waals surface area (Å²) in [7, 11) is 0. The van der Waals surface area contributed by atoms with Crippen molar-refractivity contribution in [2.45, 2.75) is 6.92 Å². The van der Waals surface area contributed by atoms with E-state index >= 15 is 0 Å². The molecule has 5 rings (SSSR count). The standard InChI is InChI=1S/C23H15N3O3/c1-13(27)24-22-19-20(17-10-4-5-12-18(17)29-23(19)28)25-21(26-22)16-11-6-8-14-7-2-3-9-15(14)16/h2-12H,1H3,(H,24,25,26,27). The third-order valence-corrected chi connectivity index (χ3v) is 4.78. The molecule has 0 unspecified atom stereocenters. The van der Waals surface area contributed by atoms with Gasteiger partial charge in [-0.05, 0) is 22.9 Å². The fourth-order valence-electron chi connectivity index (χ4n) is 3.55. The zero-order chi connectivity index (χ0) is 20.0. The van der Waals surface area contributed by atoms with E-state index in [9.17, 15) is 9.59 Å². The van der Waals surface area contributed by atoms with Crippen molar-refractivity contribution < 1.29 is 9.21 Å². The summed E-state index contributed by atoms with van der Waals surface area (Å²) in [5.41, 5.74) is 1.10. The first-order chi connectivity index (χ1) is 14.1. The first-order valence-electron chi connectivity index (χ1n) is 9.11. The second-order valence-corrected chi connectivity index (χ2v) is 6.71. The summed E-state index contributed by atoms with van der Waals surface area (Å²) in [6, 6.07) is 21.0. The van der Waals surface area contributed by atoms with Crippen LogP contribution in [0.25, 0.3) is 44.0 Å². The van der Waals surface area contributed by atoms with Crippen molar-refractivity contribution >= 4 is 44.4 Å². The van der Waals surface area contributed by atoms with Gasteiger partial charge >= 0.3 is 5.63 Å². The monoisotopic (exact) mass is 381 g/mol. The SMILES string of the molecule is CC(=O)Nc1nc(-c2cccc3ccccc23)nc2c1c(=O)oc1ccccc12. The van der Waals surface area contributed by atoms with E-state index in [0.29, 0.717) is 22.3 Å². The number of carbonyl (C=O) groups excluding carboxylic acids is 1. The molecule has 0 saturated heterocycles. The highest BCUT2D eigenvalue weighted by molar-refractivity contribution is 6.09. The highest BCUT2D eigenvalue weighted by atomic mass is 16.4. The number of benzene rings is 3. The number of fused-ring (bicyclic) bond motifs is 4. The van der Waals surface area contributed by atoms with Gasteiger partial charge in [0.15, 0.2) is 11.6 Å². The van der Waals surface area contributed by atoms with Gasteiger partial charge in [0.2, 0.25) is 5.91 Å². The molecule has 2 aromatic heterocycles. The van der Waals surface area contributed by atoms with Crippen molar-refractivity contribution in [1.82, 2.24) is 9.97 Å². The predicted octanol–water partition coefficient (Wildman–Crippen LogP) is 4.51. The average Bonchev–Trinajstić information content (AvgIpc) is 2.72. The maximum Gasteiger partial charge on any atom is 0.349 e. The van der Waals surface area contributed by atoms with E-state index in [-0.39, 0.29) is 17.1 Å². The van der Waals surface area contributed by atoms with Crippen molar-refractivity contribution in [2.24, 2.45) is 0 Å². The van der Waals surface area contributed by atoms with E-state index in [2.05, 4.69) is 10.3 Å². The second kappa shape index (κ2) is 6.53. The van der Waals surface area contributed by atoms with Gasteiger partial charge in [0.1, 0.15) is 11.0 Å². The molecular formula is C23H15N3O3. The number of anilines is 1. The Morgan fingerprint density at radius 3 is 2.45 bits per heavy atom. The maximum atomic E-state index is 12.7. The third-order valence-electron chi connectivity index (χ3n) is 4.78. The first kappa shape index (κ1) is 17.1. The molecule has 1 N–H and O–H groups in total. The number of para-hydroxylation sites is 1. The molecule has 0 fully saturated rings. The van der Waals surface area contributed by atoms with E-state index in [1.165, 1.54) is 6.92 Å². The molecule has 5 aromatic rings. The minimum atomic E-state index is -0.591. The van der Waals surface area contributed by atoms with Gasteiger partial charge < -0.3 is 9.73 Å². The van der Waals surface area contributed by atoms with Gasteiger partial charge in [0.05, 0.1) is 5.52 Å². The summed E-state index contributed by atoms with van der Waals surface area (Å²) in [6.07, 6.45) is 0. The van der Waals surface area contributed by atoms with E-state index in [1.807, 2.05) is 54.6 Å². The number of aromatic nitrogens is 2. The van der Waals surface area contributed by atoms with Crippen LogP contribution in [-0.2, 0) is 4.79 Å². The molecule has 3 aromatic carbocycles. The lowest BCUT2D eigenvalue weighted by Gasteiger charge is -2.11. The average molecular weight is 381 g/mol. The fraction of sp³-hybridized carbons (Fsp3) is 0.0435. The summed E-state index contributed by atoms with van der Waals surface area (Å²) in [6.45, 7) is 1.37. The van der Waals surface area contributed by atoms with E-state index in [4.69, 9.17) is 9.40 Å². The summed E-state index contributed by atoms with van der Waals surface area (Å²) in [4.78, 5) is 33.7. The highest BCUT2D eigenvalue weighted by Crippen LogP contribution is 2.31. The largest absolute Gasteiger partial charge is 0.422 e. The molecular weight excluding hydrogens is 366 g/mol. The van der Waals surface area contributed by atoms with E-state index in [1.54, 1.807) is 12.1 Å². The van der Waals surface area contributed by atoms with Crippen LogP contribution in [0.15, 0.2) is 75.9 Å². The summed E-state index contributed by atoms with van der Waals surface area (Å²) < 4.78 is 5.43. The zero-order valence-electron chi connectivity index (χ0n) is 15.5. The molecule has 6 nitrogen and oxygen atoms in total. The third kappa shape index (κ3) is 2.82. The number of carbonyl (C=O) groups is 1. The quantitative estimate of drug-likeness (QED) is 0.359. The van der Waals surface area contributed by atoms with Crippen molar-refractivity contribution in [1.29, 1.82) is 0 Å². The number of amides is 1. The molecule has 0 atom stereocenters. The molecule has 0 saturated carbocycles. The molecule has 6 heteroatoms. The summed E-state index contributed by atoms with van der Waals surface area (Å²) in [5, 5.41) is 5.53. The van der Waals surface area contributed by atoms with Gasteiger partial charge in [-0.1, -0.05) is 54.6 Å². The lowest BCUT2D eigenvalue weighted by molar-refractivity contribution is -0.114. The lowest BCUT2D eigenvalue weighted by atomic mass is 10.0. The molecule has 0 spiro atoms. The van der Waals surface area contributed by atoms with Crippen LogP contribution in [0.4, 0.5) is 5.82 Å². The molecule has 1 amide bonds. The fourth-order valence-corrected chi connectivity index (χ4v) is 3.55. The van der Waals surface area contributed by atoms with Crippen molar-refractivity contribution in [3.05, 3.63) is 77.2 Å². The van der Waals surface area contributed by atoms with Crippen LogP contribution in [0, 0.1) is 0 Å². The van der Waals surface area contributed by atoms with Gasteiger partial charge in [0, 0.05) is 17.9 Å². The molecule has 0 bridgehead atoms. The molecule has 0 aliphatic heterocycles. The lowest BCUT2D eigenvalue weighted by Crippen LogP contribution is -2.13. The predicted molar refractivity (Wildman–Crippen MR) is 113 cm³/mol. The van der Waals surface area contributed by atoms with Crippen molar-refractivity contribution in [3.8, 4) is 11.4 Å². The first-order valence-corrected chi connectivity index (χ1v) is 9.11. The van der Waals surface area contributed by atoms with Crippen molar-refractivity contribution in [2.75, 3.05) is 5.32 Å². The normalized spacial score (nSPS) is 11.2. The van der Waals surface area contributed by atoms with E-state index in [0.717, 1.165) is 16.3 Å². The Kier molecular flexibility index (Phi) is 3.84. The summed E-state index contributed by atoms with van der Waals surface area (Å²) in [5.74, 6) is 0.236. The van der Waals surface area contributed by atoms with Gasteiger partial charge in [-0.25, -0.2) is 14.8 Å². The van der Waals surface area contributed by atoms with Crippen LogP contribution < -0.4 is 10.9 Å². The molecule has 29 heavy (non-hydrogen) atoms.